The van der Waals surface area contributed by atoms with E-state index in [4.69, 9.17) is 4.74 Å². The summed E-state index contributed by atoms with van der Waals surface area (Å²) in [5.41, 5.74) is 1.30. The summed E-state index contributed by atoms with van der Waals surface area (Å²) >= 11 is 0. The number of imidazole rings is 1. The van der Waals surface area contributed by atoms with Gasteiger partial charge in [-0.1, -0.05) is 6.42 Å². The molecule has 2 aliphatic rings. The molecule has 1 N–H and O–H groups in total. The quantitative estimate of drug-likeness (QED) is 0.874. The molecule has 0 aliphatic carbocycles. The maximum atomic E-state index is 5.47. The molecule has 4 nitrogen and oxygen atoms in total. The number of aryl methyl sites for hydroxylation is 1. The van der Waals surface area contributed by atoms with E-state index < -0.39 is 0 Å². The van der Waals surface area contributed by atoms with Crippen LogP contribution in [0.5, 0.6) is 0 Å². The molecular weight excluding hydrogens is 226 g/mol. The van der Waals surface area contributed by atoms with Crippen LogP contribution in [0.3, 0.4) is 0 Å². The largest absolute Gasteiger partial charge is 0.381 e. The fourth-order valence-corrected chi connectivity index (χ4v) is 3.21. The van der Waals surface area contributed by atoms with Crippen LogP contribution < -0.4 is 5.32 Å². The predicted molar refractivity (Wildman–Crippen MR) is 70.6 cm³/mol. The van der Waals surface area contributed by atoms with Gasteiger partial charge in [0.25, 0.3) is 0 Å². The average molecular weight is 249 g/mol. The summed E-state index contributed by atoms with van der Waals surface area (Å²) in [6, 6.07) is 1.04. The number of nitrogens with zero attached hydrogens (tertiary/aromatic N) is 2. The molecular formula is C14H23N3O. The van der Waals surface area contributed by atoms with Crippen molar-refractivity contribution < 1.29 is 4.74 Å². The Morgan fingerprint density at radius 2 is 2.11 bits per heavy atom. The molecule has 0 saturated carbocycles. The predicted octanol–water partition coefficient (Wildman–Crippen LogP) is 2.36. The summed E-state index contributed by atoms with van der Waals surface area (Å²) in [6.45, 7) is 5.08. The minimum absolute atomic E-state index is 0.454. The van der Waals surface area contributed by atoms with Gasteiger partial charge in [-0.25, -0.2) is 4.98 Å². The summed E-state index contributed by atoms with van der Waals surface area (Å²) in [7, 11) is 0. The SMILES string of the molecule is Cc1cnc(C2CCCCN2)n1C1CCOCC1. The molecule has 0 aromatic carbocycles. The zero-order valence-corrected chi connectivity index (χ0v) is 11.2. The smallest absolute Gasteiger partial charge is 0.126 e. The van der Waals surface area contributed by atoms with E-state index >= 15 is 0 Å². The lowest BCUT2D eigenvalue weighted by Crippen LogP contribution is -2.31. The molecule has 0 bridgehead atoms. The highest BCUT2D eigenvalue weighted by Gasteiger charge is 2.25. The summed E-state index contributed by atoms with van der Waals surface area (Å²) in [4.78, 5) is 4.67. The normalized spacial score (nSPS) is 26.4. The van der Waals surface area contributed by atoms with Crippen LogP contribution in [-0.4, -0.2) is 29.3 Å². The molecule has 2 fully saturated rings. The highest BCUT2D eigenvalue weighted by molar-refractivity contribution is 5.10. The van der Waals surface area contributed by atoms with E-state index in [0.717, 1.165) is 32.6 Å². The van der Waals surface area contributed by atoms with Crippen LogP contribution >= 0.6 is 0 Å². The van der Waals surface area contributed by atoms with Crippen LogP contribution in [-0.2, 0) is 4.74 Å². The lowest BCUT2D eigenvalue weighted by molar-refractivity contribution is 0.0676. The van der Waals surface area contributed by atoms with Crippen molar-refractivity contribution in [3.8, 4) is 0 Å². The third kappa shape index (κ3) is 2.31. The molecule has 3 rings (SSSR count). The lowest BCUT2D eigenvalue weighted by Gasteiger charge is -2.30. The Bertz CT molecular complexity index is 390. The van der Waals surface area contributed by atoms with E-state index in [0.29, 0.717) is 12.1 Å². The molecule has 2 aliphatic heterocycles. The van der Waals surface area contributed by atoms with Crippen molar-refractivity contribution in [2.24, 2.45) is 0 Å². The Kier molecular flexibility index (Phi) is 3.66. The topological polar surface area (TPSA) is 39.1 Å². The van der Waals surface area contributed by atoms with Gasteiger partial charge in [0.05, 0.1) is 6.04 Å². The van der Waals surface area contributed by atoms with E-state index in [9.17, 15) is 0 Å². The van der Waals surface area contributed by atoms with Crippen LogP contribution in [0.15, 0.2) is 6.20 Å². The standard InChI is InChI=1S/C14H23N3O/c1-11-10-16-14(13-4-2-3-7-15-13)17(11)12-5-8-18-9-6-12/h10,12-13,15H,2-9H2,1H3. The Morgan fingerprint density at radius 1 is 1.28 bits per heavy atom. The van der Waals surface area contributed by atoms with Gasteiger partial charge in [-0.2, -0.15) is 0 Å². The fourth-order valence-electron chi connectivity index (χ4n) is 3.21. The fraction of sp³-hybridized carbons (Fsp3) is 0.786. The second kappa shape index (κ2) is 5.41. The first-order valence-electron chi connectivity index (χ1n) is 7.21. The first-order chi connectivity index (χ1) is 8.86. The third-order valence-electron chi connectivity index (χ3n) is 4.19. The molecule has 1 unspecified atom stereocenters. The number of hydrogen-bond acceptors (Lipinski definition) is 3. The van der Waals surface area contributed by atoms with Crippen LogP contribution in [0.4, 0.5) is 0 Å². The van der Waals surface area contributed by atoms with Crippen molar-refractivity contribution in [2.75, 3.05) is 19.8 Å². The van der Waals surface area contributed by atoms with Gasteiger partial charge in [0.15, 0.2) is 0 Å². The minimum Gasteiger partial charge on any atom is -0.381 e. The number of ether oxygens (including phenoxy) is 1. The van der Waals surface area contributed by atoms with Gasteiger partial charge in [0.1, 0.15) is 5.82 Å². The summed E-state index contributed by atoms with van der Waals surface area (Å²) < 4.78 is 7.94. The molecule has 2 saturated heterocycles. The maximum absolute atomic E-state index is 5.47. The van der Waals surface area contributed by atoms with Crippen molar-refractivity contribution in [1.29, 1.82) is 0 Å². The third-order valence-corrected chi connectivity index (χ3v) is 4.19. The second-order valence-corrected chi connectivity index (χ2v) is 5.47. The highest BCUT2D eigenvalue weighted by atomic mass is 16.5. The number of nitrogens with one attached hydrogen (secondary N) is 1. The summed E-state index contributed by atoms with van der Waals surface area (Å²) in [5, 5.41) is 3.61. The zero-order chi connectivity index (χ0) is 12.4. The van der Waals surface area contributed by atoms with Crippen molar-refractivity contribution in [3.05, 3.63) is 17.7 Å². The van der Waals surface area contributed by atoms with Crippen LogP contribution in [0.1, 0.15) is 55.7 Å². The van der Waals surface area contributed by atoms with Crippen LogP contribution in [0.2, 0.25) is 0 Å². The summed E-state index contributed by atoms with van der Waals surface area (Å²) in [5.74, 6) is 1.25. The molecule has 3 heterocycles. The molecule has 18 heavy (non-hydrogen) atoms. The number of hydrogen-bond donors (Lipinski definition) is 1. The van der Waals surface area contributed by atoms with Gasteiger partial charge >= 0.3 is 0 Å². The average Bonchev–Trinajstić information content (AvgIpc) is 2.83. The van der Waals surface area contributed by atoms with Gasteiger partial charge < -0.3 is 14.6 Å². The van der Waals surface area contributed by atoms with Crippen molar-refractivity contribution in [3.63, 3.8) is 0 Å². The summed E-state index contributed by atoms with van der Waals surface area (Å²) in [6.07, 6.45) is 8.11. The van der Waals surface area contributed by atoms with Crippen molar-refractivity contribution in [2.45, 2.75) is 51.1 Å². The molecule has 100 valence electrons. The Labute approximate surface area is 109 Å². The number of piperidine rings is 1. The Morgan fingerprint density at radius 3 is 2.83 bits per heavy atom. The number of aromatic nitrogens is 2. The van der Waals surface area contributed by atoms with Crippen LogP contribution in [0, 0.1) is 6.92 Å². The molecule has 4 heteroatoms. The Hall–Kier alpha value is -0.870. The minimum atomic E-state index is 0.454. The first-order valence-corrected chi connectivity index (χ1v) is 7.21. The van der Waals surface area contributed by atoms with E-state index in [2.05, 4.69) is 21.8 Å². The highest BCUT2D eigenvalue weighted by Crippen LogP contribution is 2.29. The molecule has 0 radical (unpaired) electrons. The van der Waals surface area contributed by atoms with Gasteiger partial charge in [-0.15, -0.1) is 0 Å². The van der Waals surface area contributed by atoms with Crippen molar-refractivity contribution in [1.82, 2.24) is 14.9 Å². The van der Waals surface area contributed by atoms with Gasteiger partial charge in [0, 0.05) is 31.1 Å². The zero-order valence-electron chi connectivity index (χ0n) is 11.2. The monoisotopic (exact) mass is 249 g/mol. The van der Waals surface area contributed by atoms with Gasteiger partial charge in [0.2, 0.25) is 0 Å². The van der Waals surface area contributed by atoms with E-state index in [-0.39, 0.29) is 0 Å². The molecule has 1 atom stereocenters. The Balaban J connectivity index is 1.85. The maximum Gasteiger partial charge on any atom is 0.126 e. The van der Waals surface area contributed by atoms with Gasteiger partial charge in [-0.05, 0) is 39.2 Å². The van der Waals surface area contributed by atoms with Crippen molar-refractivity contribution >= 4 is 0 Å². The van der Waals surface area contributed by atoms with Crippen LogP contribution in [0.25, 0.3) is 0 Å². The van der Waals surface area contributed by atoms with E-state index in [1.165, 1.54) is 30.8 Å². The molecule has 1 aromatic heterocycles. The first kappa shape index (κ1) is 12.2. The van der Waals surface area contributed by atoms with E-state index in [1.54, 1.807) is 0 Å². The number of rotatable bonds is 2. The van der Waals surface area contributed by atoms with E-state index in [1.807, 2.05) is 6.20 Å². The molecule has 0 amide bonds. The molecule has 0 spiro atoms. The van der Waals surface area contributed by atoms with Gasteiger partial charge in [-0.3, -0.25) is 0 Å². The lowest BCUT2D eigenvalue weighted by atomic mass is 10.0. The molecule has 1 aromatic rings. The second-order valence-electron chi connectivity index (χ2n) is 5.47.